The Hall–Kier alpha value is -2.01. The molecular formula is C15H11ClF3NO. The van der Waals surface area contributed by atoms with E-state index >= 15 is 0 Å². The van der Waals surface area contributed by atoms with E-state index in [0.717, 1.165) is 29.8 Å². The molecule has 0 unspecified atom stereocenters. The van der Waals surface area contributed by atoms with Gasteiger partial charge in [-0.05, 0) is 42.0 Å². The van der Waals surface area contributed by atoms with E-state index in [1.807, 2.05) is 0 Å². The average Bonchev–Trinajstić information content (AvgIpc) is 2.47. The lowest BCUT2D eigenvalue weighted by Crippen LogP contribution is -2.12. The van der Waals surface area contributed by atoms with E-state index in [-0.39, 0.29) is 5.56 Å². The molecule has 0 aliphatic rings. The minimum Gasteiger partial charge on any atom is -0.322 e. The highest BCUT2D eigenvalue weighted by Crippen LogP contribution is 2.29. The normalized spacial score (nSPS) is 11.2. The summed E-state index contributed by atoms with van der Waals surface area (Å²) in [6, 6.07) is 10.9. The number of hydrogen-bond donors (Lipinski definition) is 1. The van der Waals surface area contributed by atoms with Gasteiger partial charge in [-0.3, -0.25) is 4.79 Å². The quantitative estimate of drug-likeness (QED) is 0.818. The molecule has 0 radical (unpaired) electrons. The van der Waals surface area contributed by atoms with Gasteiger partial charge in [-0.15, -0.1) is 11.6 Å². The van der Waals surface area contributed by atoms with Gasteiger partial charge in [0.05, 0.1) is 5.56 Å². The summed E-state index contributed by atoms with van der Waals surface area (Å²) in [5, 5.41) is 2.60. The number of carbonyl (C=O) groups is 1. The first-order valence-corrected chi connectivity index (χ1v) is 6.57. The Morgan fingerprint density at radius 1 is 1.00 bits per heavy atom. The predicted octanol–water partition coefficient (Wildman–Crippen LogP) is 4.70. The summed E-state index contributed by atoms with van der Waals surface area (Å²) in [5.74, 6) is -0.102. The van der Waals surface area contributed by atoms with E-state index in [1.54, 1.807) is 24.3 Å². The molecule has 0 atom stereocenters. The molecule has 0 saturated heterocycles. The lowest BCUT2D eigenvalue weighted by molar-refractivity contribution is -0.137. The number of alkyl halides is 4. The van der Waals surface area contributed by atoms with Gasteiger partial charge >= 0.3 is 6.18 Å². The van der Waals surface area contributed by atoms with Crippen molar-refractivity contribution in [2.24, 2.45) is 0 Å². The number of rotatable bonds is 3. The molecule has 0 aliphatic heterocycles. The highest BCUT2D eigenvalue weighted by atomic mass is 35.5. The average molecular weight is 314 g/mol. The van der Waals surface area contributed by atoms with Crippen LogP contribution in [0.2, 0.25) is 0 Å². The van der Waals surface area contributed by atoms with E-state index in [9.17, 15) is 18.0 Å². The number of halogens is 4. The number of hydrogen-bond acceptors (Lipinski definition) is 1. The number of amides is 1. The van der Waals surface area contributed by atoms with Crippen LogP contribution in [0.1, 0.15) is 21.5 Å². The summed E-state index contributed by atoms with van der Waals surface area (Å²) >= 11 is 5.65. The summed E-state index contributed by atoms with van der Waals surface area (Å²) in [4.78, 5) is 11.9. The molecule has 110 valence electrons. The largest absolute Gasteiger partial charge is 0.416 e. The van der Waals surface area contributed by atoms with Crippen LogP contribution in [0.15, 0.2) is 48.5 Å². The maximum atomic E-state index is 12.4. The van der Waals surface area contributed by atoms with Gasteiger partial charge in [0.1, 0.15) is 0 Å². The third kappa shape index (κ3) is 3.98. The zero-order valence-corrected chi connectivity index (χ0v) is 11.5. The van der Waals surface area contributed by atoms with Crippen LogP contribution in [0, 0.1) is 0 Å². The first-order valence-electron chi connectivity index (χ1n) is 6.03. The van der Waals surface area contributed by atoms with Gasteiger partial charge in [0.25, 0.3) is 5.91 Å². The second kappa shape index (κ2) is 6.18. The molecule has 0 heterocycles. The fourth-order valence-electron chi connectivity index (χ4n) is 1.69. The van der Waals surface area contributed by atoms with Crippen molar-refractivity contribution in [3.05, 3.63) is 65.2 Å². The molecule has 0 spiro atoms. The van der Waals surface area contributed by atoms with E-state index in [0.29, 0.717) is 11.6 Å². The first kappa shape index (κ1) is 15.4. The highest BCUT2D eigenvalue weighted by Gasteiger charge is 2.30. The highest BCUT2D eigenvalue weighted by molar-refractivity contribution is 6.17. The van der Waals surface area contributed by atoms with E-state index in [1.165, 1.54) is 0 Å². The molecule has 2 aromatic rings. The van der Waals surface area contributed by atoms with Gasteiger partial charge in [0.2, 0.25) is 0 Å². The van der Waals surface area contributed by atoms with E-state index in [4.69, 9.17) is 11.6 Å². The number of nitrogens with one attached hydrogen (secondary N) is 1. The molecule has 0 saturated carbocycles. The molecule has 1 N–H and O–H groups in total. The Morgan fingerprint density at radius 3 is 2.05 bits per heavy atom. The van der Waals surface area contributed by atoms with Crippen molar-refractivity contribution in [3.8, 4) is 0 Å². The summed E-state index contributed by atoms with van der Waals surface area (Å²) in [6.07, 6.45) is -4.41. The maximum Gasteiger partial charge on any atom is 0.416 e. The first-order chi connectivity index (χ1) is 9.90. The van der Waals surface area contributed by atoms with Crippen LogP contribution in [0.4, 0.5) is 18.9 Å². The van der Waals surface area contributed by atoms with Gasteiger partial charge in [0.15, 0.2) is 0 Å². The van der Waals surface area contributed by atoms with Crippen LogP contribution in [0.3, 0.4) is 0 Å². The summed E-state index contributed by atoms with van der Waals surface area (Å²) in [7, 11) is 0. The van der Waals surface area contributed by atoms with Crippen molar-refractivity contribution >= 4 is 23.2 Å². The Bertz CT molecular complexity index is 621. The van der Waals surface area contributed by atoms with Crippen LogP contribution in [-0.2, 0) is 12.1 Å². The van der Waals surface area contributed by atoms with Crippen molar-refractivity contribution in [3.63, 3.8) is 0 Å². The molecule has 2 nitrogen and oxygen atoms in total. The summed E-state index contributed by atoms with van der Waals surface area (Å²) in [5.41, 5.74) is 0.827. The van der Waals surface area contributed by atoms with Crippen molar-refractivity contribution in [2.45, 2.75) is 12.1 Å². The fourth-order valence-corrected chi connectivity index (χ4v) is 1.87. The van der Waals surface area contributed by atoms with Crippen LogP contribution >= 0.6 is 11.6 Å². The Kier molecular flexibility index (Phi) is 4.53. The van der Waals surface area contributed by atoms with Gasteiger partial charge in [0, 0.05) is 17.1 Å². The zero-order valence-electron chi connectivity index (χ0n) is 10.7. The molecule has 21 heavy (non-hydrogen) atoms. The van der Waals surface area contributed by atoms with Gasteiger partial charge in [-0.1, -0.05) is 12.1 Å². The maximum absolute atomic E-state index is 12.4. The van der Waals surface area contributed by atoms with Gasteiger partial charge < -0.3 is 5.32 Å². The molecule has 6 heteroatoms. The molecule has 2 rings (SSSR count). The van der Waals surface area contributed by atoms with E-state index in [2.05, 4.69) is 5.32 Å². The molecule has 0 bridgehead atoms. The standard InChI is InChI=1S/C15H11ClF3NO/c16-9-10-1-7-13(8-2-10)20-14(21)11-3-5-12(6-4-11)15(17,18)19/h1-8H,9H2,(H,20,21). The smallest absolute Gasteiger partial charge is 0.322 e. The summed E-state index contributed by atoms with van der Waals surface area (Å²) in [6.45, 7) is 0. The van der Waals surface area contributed by atoms with E-state index < -0.39 is 17.6 Å². The topological polar surface area (TPSA) is 29.1 Å². The lowest BCUT2D eigenvalue weighted by Gasteiger charge is -2.08. The number of benzene rings is 2. The second-order valence-corrected chi connectivity index (χ2v) is 4.63. The Balaban J connectivity index is 2.09. The Morgan fingerprint density at radius 2 is 1.57 bits per heavy atom. The van der Waals surface area contributed by atoms with Gasteiger partial charge in [-0.25, -0.2) is 0 Å². The third-order valence-corrected chi connectivity index (χ3v) is 3.15. The molecule has 2 aromatic carbocycles. The number of carbonyl (C=O) groups excluding carboxylic acids is 1. The van der Waals surface area contributed by atoms with Crippen LogP contribution < -0.4 is 5.32 Å². The zero-order chi connectivity index (χ0) is 15.5. The molecule has 0 aromatic heterocycles. The third-order valence-electron chi connectivity index (χ3n) is 2.84. The van der Waals surface area contributed by atoms with Crippen molar-refractivity contribution in [2.75, 3.05) is 5.32 Å². The molecule has 0 fully saturated rings. The fraction of sp³-hybridized carbons (Fsp3) is 0.133. The molecule has 1 amide bonds. The van der Waals surface area contributed by atoms with Crippen molar-refractivity contribution < 1.29 is 18.0 Å². The van der Waals surface area contributed by atoms with Crippen molar-refractivity contribution in [1.29, 1.82) is 0 Å². The second-order valence-electron chi connectivity index (χ2n) is 4.36. The molecule has 0 aliphatic carbocycles. The van der Waals surface area contributed by atoms with Crippen LogP contribution in [0.25, 0.3) is 0 Å². The van der Waals surface area contributed by atoms with Crippen molar-refractivity contribution in [1.82, 2.24) is 0 Å². The predicted molar refractivity (Wildman–Crippen MR) is 75.4 cm³/mol. The van der Waals surface area contributed by atoms with Crippen LogP contribution in [-0.4, -0.2) is 5.91 Å². The minimum absolute atomic E-state index is 0.157. The SMILES string of the molecule is O=C(Nc1ccc(CCl)cc1)c1ccc(C(F)(F)F)cc1. The minimum atomic E-state index is -4.41. The monoisotopic (exact) mass is 313 g/mol. The molecular weight excluding hydrogens is 303 g/mol. The van der Waals surface area contributed by atoms with Gasteiger partial charge in [-0.2, -0.15) is 13.2 Å². The lowest BCUT2D eigenvalue weighted by atomic mass is 10.1. The van der Waals surface area contributed by atoms with Crippen LogP contribution in [0.5, 0.6) is 0 Å². The summed E-state index contributed by atoms with van der Waals surface area (Å²) < 4.78 is 37.3. The number of anilines is 1. The Labute approximate surface area is 124 Å².